The van der Waals surface area contributed by atoms with E-state index in [0.29, 0.717) is 47.0 Å². The van der Waals surface area contributed by atoms with Gasteiger partial charge in [-0.2, -0.15) is 0 Å². The van der Waals surface area contributed by atoms with Gasteiger partial charge in [0.25, 0.3) is 0 Å². The molecule has 0 aromatic heterocycles. The first kappa shape index (κ1) is 28.0. The van der Waals surface area contributed by atoms with E-state index in [1.54, 1.807) is 54.8 Å². The lowest BCUT2D eigenvalue weighted by Gasteiger charge is -2.25. The molecule has 1 atom stereocenters. The monoisotopic (exact) mass is 549 g/mol. The van der Waals surface area contributed by atoms with Gasteiger partial charge in [0.15, 0.2) is 5.78 Å². The molecule has 0 bridgehead atoms. The highest BCUT2D eigenvalue weighted by Gasteiger charge is 2.39. The molecule has 0 spiro atoms. The number of halogens is 2. The number of nitrogens with zero attached hydrogens (tertiary/aromatic N) is 1. The van der Waals surface area contributed by atoms with Crippen LogP contribution in [0.2, 0.25) is 5.02 Å². The Morgan fingerprint density at radius 3 is 2.41 bits per heavy atom. The first-order valence-corrected chi connectivity index (χ1v) is 13.1. The van der Waals surface area contributed by atoms with Crippen molar-refractivity contribution in [1.29, 1.82) is 0 Å². The number of carbonyl (C=O) groups is 2. The Labute approximate surface area is 231 Å². The number of carboxylic acids is 1. The van der Waals surface area contributed by atoms with Gasteiger partial charge in [-0.05, 0) is 90.2 Å². The number of ketones is 1. The molecule has 0 saturated carbocycles. The largest absolute Gasteiger partial charge is 0.494 e. The number of carboxylic acid groups (broad SMARTS) is 1. The standard InChI is InChI=1S/C31H29ClFNO5/c1-3-12-38-25-7-8-26(27(32)18-25)29(35)31(10-5-11-34-31)19-23-14-20(6-9-28(23)39-13-4-2)21-15-22(30(36)37)17-24(33)16-21/h5-11,14-18H,3-4,12-13,19H2,1-2H3,(H,36,37). The molecule has 0 aliphatic carbocycles. The lowest BCUT2D eigenvalue weighted by atomic mass is 9.83. The van der Waals surface area contributed by atoms with E-state index < -0.39 is 17.3 Å². The molecule has 39 heavy (non-hydrogen) atoms. The molecule has 0 saturated heterocycles. The van der Waals surface area contributed by atoms with Gasteiger partial charge in [-0.1, -0.05) is 31.5 Å². The fourth-order valence-corrected chi connectivity index (χ4v) is 4.64. The van der Waals surface area contributed by atoms with E-state index >= 15 is 0 Å². The number of aliphatic imine (C=N–C) groups is 1. The molecule has 1 unspecified atom stereocenters. The van der Waals surface area contributed by atoms with Crippen molar-refractivity contribution in [1.82, 2.24) is 0 Å². The molecule has 4 rings (SSSR count). The van der Waals surface area contributed by atoms with Crippen molar-refractivity contribution in [2.75, 3.05) is 13.2 Å². The number of aromatic carboxylic acids is 1. The van der Waals surface area contributed by atoms with Gasteiger partial charge in [0.05, 0.1) is 23.8 Å². The second kappa shape index (κ2) is 12.3. The summed E-state index contributed by atoms with van der Waals surface area (Å²) >= 11 is 6.52. The number of carbonyl (C=O) groups excluding carboxylic acids is 1. The third-order valence-electron chi connectivity index (χ3n) is 6.27. The minimum absolute atomic E-state index is 0.150. The van der Waals surface area contributed by atoms with Gasteiger partial charge in [-0.15, -0.1) is 0 Å². The average Bonchev–Trinajstić information content (AvgIpc) is 3.40. The first-order chi connectivity index (χ1) is 18.8. The van der Waals surface area contributed by atoms with Gasteiger partial charge in [0.1, 0.15) is 22.9 Å². The number of allylic oxidation sites excluding steroid dienone is 1. The molecular weight excluding hydrogens is 521 g/mol. The SMILES string of the molecule is CCCOc1ccc(C(=O)C2(Cc3cc(-c4cc(F)cc(C(=O)O)c4)ccc3OCCC)C=CC=N2)c(Cl)c1. The Balaban J connectivity index is 1.74. The molecule has 1 heterocycles. The third-order valence-corrected chi connectivity index (χ3v) is 6.59. The number of hydrogen-bond acceptors (Lipinski definition) is 5. The van der Waals surface area contributed by atoms with Crippen LogP contribution in [0.1, 0.15) is 53.0 Å². The second-order valence-electron chi connectivity index (χ2n) is 9.26. The van der Waals surface area contributed by atoms with E-state index in [-0.39, 0.29) is 22.8 Å². The van der Waals surface area contributed by atoms with Gasteiger partial charge in [0.2, 0.25) is 0 Å². The fourth-order valence-electron chi connectivity index (χ4n) is 4.38. The van der Waals surface area contributed by atoms with Crippen molar-refractivity contribution in [3.63, 3.8) is 0 Å². The smallest absolute Gasteiger partial charge is 0.335 e. The summed E-state index contributed by atoms with van der Waals surface area (Å²) in [7, 11) is 0. The van der Waals surface area contributed by atoms with E-state index in [0.717, 1.165) is 18.9 Å². The summed E-state index contributed by atoms with van der Waals surface area (Å²) in [4.78, 5) is 30.0. The summed E-state index contributed by atoms with van der Waals surface area (Å²) in [6.07, 6.45) is 6.79. The summed E-state index contributed by atoms with van der Waals surface area (Å²) in [5.74, 6) is -1.03. The van der Waals surface area contributed by atoms with Crippen LogP contribution in [-0.4, -0.2) is 41.8 Å². The third kappa shape index (κ3) is 6.37. The van der Waals surface area contributed by atoms with Gasteiger partial charge >= 0.3 is 5.97 Å². The maximum atomic E-state index is 14.3. The average molecular weight is 550 g/mol. The number of ether oxygens (including phenoxy) is 2. The Bertz CT molecular complexity index is 1440. The molecule has 8 heteroatoms. The van der Waals surface area contributed by atoms with Crippen molar-refractivity contribution >= 4 is 29.6 Å². The first-order valence-electron chi connectivity index (χ1n) is 12.8. The Hall–Kier alpha value is -3.97. The quantitative estimate of drug-likeness (QED) is 0.241. The highest BCUT2D eigenvalue weighted by atomic mass is 35.5. The minimum Gasteiger partial charge on any atom is -0.494 e. The predicted molar refractivity (Wildman–Crippen MR) is 150 cm³/mol. The summed E-state index contributed by atoms with van der Waals surface area (Å²) in [5.41, 5.74) is 0.527. The molecule has 0 amide bonds. The van der Waals surface area contributed by atoms with Gasteiger partial charge in [0, 0.05) is 18.2 Å². The Kier molecular flexibility index (Phi) is 8.82. The van der Waals surface area contributed by atoms with Crippen LogP contribution in [0, 0.1) is 5.82 Å². The molecule has 6 nitrogen and oxygen atoms in total. The predicted octanol–water partition coefficient (Wildman–Crippen LogP) is 7.23. The van der Waals surface area contributed by atoms with Crippen molar-refractivity contribution in [3.05, 3.63) is 94.3 Å². The minimum atomic E-state index is -1.27. The van der Waals surface area contributed by atoms with Crippen LogP contribution in [0.4, 0.5) is 4.39 Å². The second-order valence-corrected chi connectivity index (χ2v) is 9.67. The van der Waals surface area contributed by atoms with Crippen molar-refractivity contribution in [2.24, 2.45) is 4.99 Å². The van der Waals surface area contributed by atoms with Gasteiger partial charge < -0.3 is 14.6 Å². The maximum Gasteiger partial charge on any atom is 0.335 e. The van der Waals surface area contributed by atoms with Crippen LogP contribution in [0.5, 0.6) is 11.5 Å². The van der Waals surface area contributed by atoms with Crippen molar-refractivity contribution < 1.29 is 28.6 Å². The maximum absolute atomic E-state index is 14.3. The normalized spacial score (nSPS) is 15.9. The lowest BCUT2D eigenvalue weighted by molar-refractivity contribution is 0.0696. The fraction of sp³-hybridized carbons (Fsp3) is 0.258. The molecule has 3 aromatic rings. The molecule has 1 aliphatic heterocycles. The number of benzene rings is 3. The molecule has 1 N–H and O–H groups in total. The Morgan fingerprint density at radius 1 is 0.974 bits per heavy atom. The molecule has 0 radical (unpaired) electrons. The molecule has 1 aliphatic rings. The molecule has 0 fully saturated rings. The summed E-state index contributed by atoms with van der Waals surface area (Å²) in [5, 5.41) is 9.65. The zero-order valence-electron chi connectivity index (χ0n) is 21.7. The number of hydrogen-bond donors (Lipinski definition) is 1. The van der Waals surface area contributed by atoms with Gasteiger partial charge in [-0.3, -0.25) is 9.79 Å². The molecular formula is C31H29ClFNO5. The summed E-state index contributed by atoms with van der Waals surface area (Å²) in [6, 6.07) is 13.9. The van der Waals surface area contributed by atoms with E-state index in [9.17, 15) is 19.1 Å². The number of rotatable bonds is 12. The number of Topliss-reactive ketones (excluding diaryl/α,β-unsaturated/α-hetero) is 1. The highest BCUT2D eigenvalue weighted by molar-refractivity contribution is 6.34. The topological polar surface area (TPSA) is 85.2 Å². The molecule has 202 valence electrons. The van der Waals surface area contributed by atoms with Crippen molar-refractivity contribution in [3.8, 4) is 22.6 Å². The van der Waals surface area contributed by atoms with Crippen molar-refractivity contribution in [2.45, 2.75) is 38.6 Å². The zero-order valence-corrected chi connectivity index (χ0v) is 22.5. The lowest BCUT2D eigenvalue weighted by Crippen LogP contribution is -2.36. The van der Waals surface area contributed by atoms with E-state index in [4.69, 9.17) is 21.1 Å². The zero-order chi connectivity index (χ0) is 28.0. The van der Waals surface area contributed by atoms with Crippen LogP contribution < -0.4 is 9.47 Å². The van der Waals surface area contributed by atoms with Crippen LogP contribution >= 0.6 is 11.6 Å². The molecule has 3 aromatic carbocycles. The van der Waals surface area contributed by atoms with Crippen LogP contribution in [-0.2, 0) is 6.42 Å². The Morgan fingerprint density at radius 2 is 1.74 bits per heavy atom. The van der Waals surface area contributed by atoms with Crippen LogP contribution in [0.3, 0.4) is 0 Å². The van der Waals surface area contributed by atoms with E-state index in [1.807, 2.05) is 13.8 Å². The van der Waals surface area contributed by atoms with Gasteiger partial charge in [-0.25, -0.2) is 9.18 Å². The van der Waals surface area contributed by atoms with E-state index in [1.165, 1.54) is 12.1 Å². The summed E-state index contributed by atoms with van der Waals surface area (Å²) < 4.78 is 25.9. The van der Waals surface area contributed by atoms with Crippen LogP contribution in [0.25, 0.3) is 11.1 Å². The summed E-state index contributed by atoms with van der Waals surface area (Å²) in [6.45, 7) is 4.98. The highest BCUT2D eigenvalue weighted by Crippen LogP contribution is 2.36. The van der Waals surface area contributed by atoms with Crippen LogP contribution in [0.15, 0.2) is 71.7 Å². The van der Waals surface area contributed by atoms with E-state index in [2.05, 4.69) is 4.99 Å².